The number of rotatable bonds is 5. The van der Waals surface area contributed by atoms with Gasteiger partial charge in [-0.15, -0.1) is 0 Å². The van der Waals surface area contributed by atoms with Crippen LogP contribution in [0.1, 0.15) is 48.5 Å². The fourth-order valence-electron chi connectivity index (χ4n) is 2.90. The van der Waals surface area contributed by atoms with E-state index in [0.717, 1.165) is 23.9 Å². The van der Waals surface area contributed by atoms with Gasteiger partial charge in [0.2, 0.25) is 0 Å². The van der Waals surface area contributed by atoms with Crippen LogP contribution in [0, 0.1) is 17.7 Å². The van der Waals surface area contributed by atoms with E-state index in [0.29, 0.717) is 6.54 Å². The average molecular weight is 293 g/mol. The summed E-state index contributed by atoms with van der Waals surface area (Å²) >= 11 is 0. The predicted octanol–water partition coefficient (Wildman–Crippen LogP) is 3.53. The molecular formula is C17H24FNO2. The van der Waals surface area contributed by atoms with Crippen molar-refractivity contribution >= 4 is 5.97 Å². The van der Waals surface area contributed by atoms with Crippen molar-refractivity contribution in [1.82, 2.24) is 5.32 Å². The van der Waals surface area contributed by atoms with E-state index in [1.165, 1.54) is 44.9 Å². The van der Waals surface area contributed by atoms with Gasteiger partial charge in [0.05, 0.1) is 12.7 Å². The fraction of sp³-hybridized carbons (Fsp3) is 0.588. The predicted molar refractivity (Wildman–Crippen MR) is 80.6 cm³/mol. The summed E-state index contributed by atoms with van der Waals surface area (Å²) in [4.78, 5) is 11.3. The highest BCUT2D eigenvalue weighted by atomic mass is 19.1. The topological polar surface area (TPSA) is 38.3 Å². The highest BCUT2D eigenvalue weighted by molar-refractivity contribution is 5.89. The number of benzene rings is 1. The van der Waals surface area contributed by atoms with Crippen LogP contribution in [0.5, 0.6) is 0 Å². The van der Waals surface area contributed by atoms with Crippen molar-refractivity contribution in [2.45, 2.75) is 39.2 Å². The molecule has 21 heavy (non-hydrogen) atoms. The summed E-state index contributed by atoms with van der Waals surface area (Å²) in [5.41, 5.74) is 0.840. The molecule has 0 unspecified atom stereocenters. The van der Waals surface area contributed by atoms with Crippen molar-refractivity contribution in [3.8, 4) is 0 Å². The molecule has 1 aromatic carbocycles. The Balaban J connectivity index is 1.81. The molecule has 1 aliphatic rings. The standard InChI is InChI=1S/C17H24FNO2/c1-12-3-5-13(6-4-12)10-19-11-14-7-8-15(16(18)9-14)17(20)21-2/h7-9,12-13,19H,3-6,10-11H2,1-2H3. The van der Waals surface area contributed by atoms with Crippen LogP contribution in [0.15, 0.2) is 18.2 Å². The summed E-state index contributed by atoms with van der Waals surface area (Å²) in [7, 11) is 1.25. The molecule has 0 spiro atoms. The molecule has 0 amide bonds. The van der Waals surface area contributed by atoms with Gasteiger partial charge in [0, 0.05) is 6.54 Å². The third kappa shape index (κ3) is 4.53. The zero-order chi connectivity index (χ0) is 15.2. The summed E-state index contributed by atoms with van der Waals surface area (Å²) in [5.74, 6) is 0.442. The van der Waals surface area contributed by atoms with Crippen LogP contribution >= 0.6 is 0 Å². The third-order valence-corrected chi connectivity index (χ3v) is 4.34. The van der Waals surface area contributed by atoms with Gasteiger partial charge in [0.1, 0.15) is 5.82 Å². The van der Waals surface area contributed by atoms with E-state index in [1.54, 1.807) is 6.07 Å². The summed E-state index contributed by atoms with van der Waals surface area (Å²) in [6.45, 7) is 3.92. The van der Waals surface area contributed by atoms with E-state index in [1.807, 2.05) is 0 Å². The smallest absolute Gasteiger partial charge is 0.340 e. The molecule has 0 heterocycles. The molecule has 0 bridgehead atoms. The van der Waals surface area contributed by atoms with Gasteiger partial charge in [-0.2, -0.15) is 0 Å². The van der Waals surface area contributed by atoms with Gasteiger partial charge < -0.3 is 10.1 Å². The number of hydrogen-bond donors (Lipinski definition) is 1. The summed E-state index contributed by atoms with van der Waals surface area (Å²) in [6.07, 6.45) is 5.19. The Labute approximate surface area is 125 Å². The second-order valence-corrected chi connectivity index (χ2v) is 6.06. The van der Waals surface area contributed by atoms with Crippen LogP contribution in [0.3, 0.4) is 0 Å². The van der Waals surface area contributed by atoms with E-state index in [4.69, 9.17) is 0 Å². The molecule has 1 N–H and O–H groups in total. The molecular weight excluding hydrogens is 269 g/mol. The normalized spacial score (nSPS) is 22.0. The van der Waals surface area contributed by atoms with Crippen molar-refractivity contribution < 1.29 is 13.9 Å². The first-order valence-electron chi connectivity index (χ1n) is 7.67. The zero-order valence-electron chi connectivity index (χ0n) is 12.8. The monoisotopic (exact) mass is 293 g/mol. The van der Waals surface area contributed by atoms with Crippen LogP contribution < -0.4 is 5.32 Å². The number of carbonyl (C=O) groups is 1. The summed E-state index contributed by atoms with van der Waals surface area (Å²) in [6, 6.07) is 4.66. The van der Waals surface area contributed by atoms with E-state index in [9.17, 15) is 9.18 Å². The Kier molecular flexibility index (Phi) is 5.74. The van der Waals surface area contributed by atoms with Crippen LogP contribution in [0.25, 0.3) is 0 Å². The molecule has 0 saturated heterocycles. The largest absolute Gasteiger partial charge is 0.465 e. The van der Waals surface area contributed by atoms with Crippen LogP contribution in [0.4, 0.5) is 4.39 Å². The van der Waals surface area contributed by atoms with Crippen molar-refractivity contribution in [3.05, 3.63) is 35.1 Å². The van der Waals surface area contributed by atoms with Crippen molar-refractivity contribution in [2.75, 3.05) is 13.7 Å². The number of hydrogen-bond acceptors (Lipinski definition) is 3. The average Bonchev–Trinajstić information content (AvgIpc) is 2.49. The maximum atomic E-state index is 13.8. The highest BCUT2D eigenvalue weighted by Gasteiger charge is 2.17. The number of esters is 1. The minimum atomic E-state index is -0.636. The van der Waals surface area contributed by atoms with Gasteiger partial charge in [-0.25, -0.2) is 9.18 Å². The second kappa shape index (κ2) is 7.55. The maximum absolute atomic E-state index is 13.8. The number of nitrogens with one attached hydrogen (secondary N) is 1. The minimum Gasteiger partial charge on any atom is -0.465 e. The van der Waals surface area contributed by atoms with Gasteiger partial charge in [-0.1, -0.05) is 25.8 Å². The minimum absolute atomic E-state index is 0.0116. The number of methoxy groups -OCH3 is 1. The molecule has 1 saturated carbocycles. The summed E-state index contributed by atoms with van der Waals surface area (Å²) < 4.78 is 18.3. The fourth-order valence-corrected chi connectivity index (χ4v) is 2.90. The lowest BCUT2D eigenvalue weighted by Crippen LogP contribution is -2.25. The quantitative estimate of drug-likeness (QED) is 0.844. The van der Waals surface area contributed by atoms with Crippen LogP contribution in [0.2, 0.25) is 0 Å². The van der Waals surface area contributed by atoms with Crippen molar-refractivity contribution in [1.29, 1.82) is 0 Å². The van der Waals surface area contributed by atoms with E-state index in [2.05, 4.69) is 17.0 Å². The lowest BCUT2D eigenvalue weighted by Gasteiger charge is -2.26. The highest BCUT2D eigenvalue weighted by Crippen LogP contribution is 2.27. The van der Waals surface area contributed by atoms with Gasteiger partial charge in [0.15, 0.2) is 0 Å². The maximum Gasteiger partial charge on any atom is 0.340 e. The van der Waals surface area contributed by atoms with E-state index < -0.39 is 11.8 Å². The van der Waals surface area contributed by atoms with Crippen molar-refractivity contribution in [3.63, 3.8) is 0 Å². The molecule has 0 radical (unpaired) electrons. The SMILES string of the molecule is COC(=O)c1ccc(CNCC2CCC(C)CC2)cc1F. The first kappa shape index (κ1) is 16.0. The molecule has 0 aromatic heterocycles. The van der Waals surface area contributed by atoms with E-state index in [-0.39, 0.29) is 5.56 Å². The lowest BCUT2D eigenvalue weighted by atomic mass is 9.83. The molecule has 1 fully saturated rings. The number of carbonyl (C=O) groups excluding carboxylic acids is 1. The van der Waals surface area contributed by atoms with Crippen molar-refractivity contribution in [2.24, 2.45) is 11.8 Å². The lowest BCUT2D eigenvalue weighted by molar-refractivity contribution is 0.0595. The number of ether oxygens (including phenoxy) is 1. The first-order valence-corrected chi connectivity index (χ1v) is 7.67. The van der Waals surface area contributed by atoms with Gasteiger partial charge >= 0.3 is 5.97 Å². The van der Waals surface area contributed by atoms with Crippen LogP contribution in [-0.4, -0.2) is 19.6 Å². The summed E-state index contributed by atoms with van der Waals surface area (Å²) in [5, 5.41) is 3.39. The molecule has 4 heteroatoms. The second-order valence-electron chi connectivity index (χ2n) is 6.06. The first-order chi connectivity index (χ1) is 10.1. The Morgan fingerprint density at radius 1 is 1.33 bits per heavy atom. The van der Waals surface area contributed by atoms with Gasteiger partial charge in [-0.05, 0) is 48.9 Å². The Morgan fingerprint density at radius 2 is 2.05 bits per heavy atom. The van der Waals surface area contributed by atoms with E-state index >= 15 is 0 Å². The molecule has 3 nitrogen and oxygen atoms in total. The Hall–Kier alpha value is -1.42. The molecule has 2 rings (SSSR count). The third-order valence-electron chi connectivity index (χ3n) is 4.34. The molecule has 0 aliphatic heterocycles. The zero-order valence-corrected chi connectivity index (χ0v) is 12.8. The molecule has 116 valence electrons. The molecule has 1 aliphatic carbocycles. The molecule has 0 atom stereocenters. The van der Waals surface area contributed by atoms with Gasteiger partial charge in [0.25, 0.3) is 0 Å². The number of halogens is 1. The van der Waals surface area contributed by atoms with Crippen LogP contribution in [-0.2, 0) is 11.3 Å². The van der Waals surface area contributed by atoms with Gasteiger partial charge in [-0.3, -0.25) is 0 Å². The Bertz CT molecular complexity index is 482. The molecule has 1 aromatic rings. The Morgan fingerprint density at radius 3 is 2.67 bits per heavy atom.